The highest BCUT2D eigenvalue weighted by Gasteiger charge is 2.28. The van der Waals surface area contributed by atoms with Crippen molar-refractivity contribution in [2.45, 2.75) is 31.6 Å². The van der Waals surface area contributed by atoms with Gasteiger partial charge >= 0.3 is 0 Å². The number of benzene rings is 3. The molecule has 0 aromatic heterocycles. The van der Waals surface area contributed by atoms with Crippen LogP contribution in [0.5, 0.6) is 5.75 Å². The van der Waals surface area contributed by atoms with Crippen LogP contribution in [0.25, 0.3) is 0 Å². The summed E-state index contributed by atoms with van der Waals surface area (Å²) in [5.74, 6) is 0.637. The number of nitrogens with zero attached hydrogens (tertiary/aromatic N) is 1. The van der Waals surface area contributed by atoms with Gasteiger partial charge in [0.15, 0.2) is 0 Å². The smallest absolute Gasteiger partial charge is 0.264 e. The van der Waals surface area contributed by atoms with E-state index in [1.54, 1.807) is 43.3 Å². The Morgan fingerprint density at radius 3 is 2.41 bits per heavy atom. The van der Waals surface area contributed by atoms with Crippen LogP contribution in [0.3, 0.4) is 0 Å². The van der Waals surface area contributed by atoms with Gasteiger partial charge in [0.25, 0.3) is 10.0 Å². The average molecular weight is 501 g/mol. The van der Waals surface area contributed by atoms with Gasteiger partial charge in [0.05, 0.1) is 17.1 Å². The van der Waals surface area contributed by atoms with Crippen molar-refractivity contribution in [1.29, 1.82) is 0 Å². The lowest BCUT2D eigenvalue weighted by Crippen LogP contribution is -2.42. The number of carbonyl (C=O) groups is 1. The molecule has 8 heteroatoms. The normalized spacial score (nSPS) is 11.3. The lowest BCUT2D eigenvalue weighted by Gasteiger charge is -2.26. The predicted molar refractivity (Wildman–Crippen MR) is 136 cm³/mol. The third-order valence-corrected chi connectivity index (χ3v) is 7.29. The topological polar surface area (TPSA) is 75.7 Å². The standard InChI is InChI=1S/C26H29ClN2O4S/c1-19(2)23-11-7-8-12-25(23)33-16-15-28-26(30)18-29(24-17-21(27)14-13-20(24)3)34(31,32)22-9-5-4-6-10-22/h4-14,17,19H,15-16,18H2,1-3H3,(H,28,30). The molecule has 0 aliphatic rings. The Morgan fingerprint density at radius 2 is 1.71 bits per heavy atom. The summed E-state index contributed by atoms with van der Waals surface area (Å²) in [6, 6.07) is 20.7. The van der Waals surface area contributed by atoms with Gasteiger partial charge in [-0.2, -0.15) is 0 Å². The first-order valence-electron chi connectivity index (χ1n) is 11.0. The first-order chi connectivity index (χ1) is 16.2. The minimum Gasteiger partial charge on any atom is -0.491 e. The van der Waals surface area contributed by atoms with E-state index in [2.05, 4.69) is 19.2 Å². The molecular formula is C26H29ClN2O4S. The van der Waals surface area contributed by atoms with Crippen molar-refractivity contribution >= 4 is 33.2 Å². The number of amides is 1. The highest BCUT2D eigenvalue weighted by molar-refractivity contribution is 7.92. The van der Waals surface area contributed by atoms with Crippen LogP contribution < -0.4 is 14.4 Å². The number of hydrogen-bond donors (Lipinski definition) is 1. The molecule has 3 rings (SSSR count). The summed E-state index contributed by atoms with van der Waals surface area (Å²) in [6.07, 6.45) is 0. The van der Waals surface area contributed by atoms with E-state index in [1.165, 1.54) is 12.1 Å². The molecule has 1 N–H and O–H groups in total. The second kappa shape index (κ2) is 11.4. The zero-order chi connectivity index (χ0) is 24.7. The van der Waals surface area contributed by atoms with Crippen molar-refractivity contribution in [3.8, 4) is 5.75 Å². The van der Waals surface area contributed by atoms with Crippen LogP contribution in [-0.4, -0.2) is 34.0 Å². The van der Waals surface area contributed by atoms with E-state index in [-0.39, 0.29) is 24.6 Å². The molecule has 0 bridgehead atoms. The van der Waals surface area contributed by atoms with Crippen molar-refractivity contribution < 1.29 is 17.9 Å². The van der Waals surface area contributed by atoms with Gasteiger partial charge in [0, 0.05) is 5.02 Å². The molecule has 0 unspecified atom stereocenters. The van der Waals surface area contributed by atoms with E-state index in [1.807, 2.05) is 24.3 Å². The van der Waals surface area contributed by atoms with E-state index in [9.17, 15) is 13.2 Å². The molecule has 3 aromatic carbocycles. The summed E-state index contributed by atoms with van der Waals surface area (Å²) in [7, 11) is -3.99. The Balaban J connectivity index is 1.73. The lowest BCUT2D eigenvalue weighted by atomic mass is 10.0. The zero-order valence-electron chi connectivity index (χ0n) is 19.5. The minimum absolute atomic E-state index is 0.0933. The van der Waals surface area contributed by atoms with Gasteiger partial charge in [0.2, 0.25) is 5.91 Å². The van der Waals surface area contributed by atoms with E-state index in [0.29, 0.717) is 22.2 Å². The van der Waals surface area contributed by atoms with Crippen LogP contribution in [0.4, 0.5) is 5.69 Å². The zero-order valence-corrected chi connectivity index (χ0v) is 21.1. The molecule has 180 valence electrons. The first kappa shape index (κ1) is 25.6. The molecule has 0 fully saturated rings. The number of rotatable bonds is 10. The maximum atomic E-state index is 13.4. The summed E-state index contributed by atoms with van der Waals surface area (Å²) < 4.78 is 33.8. The van der Waals surface area contributed by atoms with Crippen LogP contribution in [0.1, 0.15) is 30.9 Å². The van der Waals surface area contributed by atoms with Crippen molar-refractivity contribution in [3.63, 3.8) is 0 Å². The number of aryl methyl sites for hydroxylation is 1. The number of sulfonamides is 1. The highest BCUT2D eigenvalue weighted by atomic mass is 35.5. The Morgan fingerprint density at radius 1 is 1.03 bits per heavy atom. The molecule has 0 saturated carbocycles. The molecule has 0 aliphatic heterocycles. The fraction of sp³-hybridized carbons (Fsp3) is 0.269. The van der Waals surface area contributed by atoms with Crippen LogP contribution in [-0.2, 0) is 14.8 Å². The fourth-order valence-corrected chi connectivity index (χ4v) is 5.16. The third-order valence-electron chi connectivity index (χ3n) is 5.28. The van der Waals surface area contributed by atoms with Gasteiger partial charge in [0.1, 0.15) is 18.9 Å². The molecule has 0 saturated heterocycles. The monoisotopic (exact) mass is 500 g/mol. The van der Waals surface area contributed by atoms with Crippen molar-refractivity contribution in [3.05, 3.63) is 88.9 Å². The number of nitrogens with one attached hydrogen (secondary N) is 1. The molecule has 0 atom stereocenters. The van der Waals surface area contributed by atoms with Crippen molar-refractivity contribution in [1.82, 2.24) is 5.32 Å². The number of anilines is 1. The second-order valence-corrected chi connectivity index (χ2v) is 10.4. The van der Waals surface area contributed by atoms with E-state index < -0.39 is 15.9 Å². The third kappa shape index (κ3) is 6.30. The summed E-state index contributed by atoms with van der Waals surface area (Å²) in [6.45, 7) is 6.06. The molecule has 3 aromatic rings. The number of ether oxygens (including phenoxy) is 1. The Labute approximate surface area is 206 Å². The lowest BCUT2D eigenvalue weighted by molar-refractivity contribution is -0.119. The highest BCUT2D eigenvalue weighted by Crippen LogP contribution is 2.29. The minimum atomic E-state index is -3.99. The molecule has 34 heavy (non-hydrogen) atoms. The van der Waals surface area contributed by atoms with Gasteiger partial charge in [-0.3, -0.25) is 9.10 Å². The number of carbonyl (C=O) groups excluding carboxylic acids is 1. The van der Waals surface area contributed by atoms with Crippen LogP contribution in [0, 0.1) is 6.92 Å². The van der Waals surface area contributed by atoms with E-state index >= 15 is 0 Å². The number of halogens is 1. The van der Waals surface area contributed by atoms with Crippen LogP contribution >= 0.6 is 11.6 Å². The van der Waals surface area contributed by atoms with Crippen LogP contribution in [0.2, 0.25) is 5.02 Å². The fourth-order valence-electron chi connectivity index (χ4n) is 3.50. The summed E-state index contributed by atoms with van der Waals surface area (Å²) in [5, 5.41) is 3.14. The Kier molecular flexibility index (Phi) is 8.58. The van der Waals surface area contributed by atoms with Gasteiger partial charge < -0.3 is 10.1 Å². The summed E-state index contributed by atoms with van der Waals surface area (Å²) >= 11 is 6.15. The van der Waals surface area contributed by atoms with E-state index in [4.69, 9.17) is 16.3 Å². The maximum Gasteiger partial charge on any atom is 0.264 e. The largest absolute Gasteiger partial charge is 0.491 e. The quantitative estimate of drug-likeness (QED) is 0.390. The predicted octanol–water partition coefficient (Wildman–Crippen LogP) is 5.16. The van der Waals surface area contributed by atoms with E-state index in [0.717, 1.165) is 15.6 Å². The molecule has 0 radical (unpaired) electrons. The number of para-hydroxylation sites is 1. The molecule has 6 nitrogen and oxygen atoms in total. The van der Waals surface area contributed by atoms with Gasteiger partial charge in [-0.05, 0) is 54.3 Å². The van der Waals surface area contributed by atoms with Gasteiger partial charge in [-0.25, -0.2) is 8.42 Å². The Hall–Kier alpha value is -3.03. The van der Waals surface area contributed by atoms with Crippen molar-refractivity contribution in [2.24, 2.45) is 0 Å². The summed E-state index contributed by atoms with van der Waals surface area (Å²) in [5.41, 5.74) is 2.13. The Bertz CT molecular complexity index is 1230. The van der Waals surface area contributed by atoms with Gasteiger partial charge in [-0.1, -0.05) is 67.9 Å². The number of hydrogen-bond acceptors (Lipinski definition) is 4. The molecule has 0 spiro atoms. The SMILES string of the molecule is Cc1ccc(Cl)cc1N(CC(=O)NCCOc1ccccc1C(C)C)S(=O)(=O)c1ccccc1. The first-order valence-corrected chi connectivity index (χ1v) is 12.8. The molecular weight excluding hydrogens is 472 g/mol. The average Bonchev–Trinajstić information content (AvgIpc) is 2.82. The molecule has 0 heterocycles. The molecule has 0 aliphatic carbocycles. The van der Waals surface area contributed by atoms with Crippen molar-refractivity contribution in [2.75, 3.05) is 24.0 Å². The second-order valence-electron chi connectivity index (χ2n) is 8.15. The maximum absolute atomic E-state index is 13.4. The van der Waals surface area contributed by atoms with Crippen LogP contribution in [0.15, 0.2) is 77.7 Å². The molecule has 1 amide bonds. The van der Waals surface area contributed by atoms with Gasteiger partial charge in [-0.15, -0.1) is 0 Å². The summed E-state index contributed by atoms with van der Waals surface area (Å²) in [4.78, 5) is 12.9.